The van der Waals surface area contributed by atoms with Crippen molar-refractivity contribution in [3.05, 3.63) is 29.3 Å². The number of hydrogen-bond donors (Lipinski definition) is 1. The molecule has 1 saturated heterocycles. The minimum atomic E-state index is 0.640. The molecule has 3 rings (SSSR count). The number of hydrogen-bond acceptors (Lipinski definition) is 2. The molecule has 18 heavy (non-hydrogen) atoms. The summed E-state index contributed by atoms with van der Waals surface area (Å²) in [6.07, 6.45) is 5.34. The fourth-order valence-corrected chi connectivity index (χ4v) is 2.91. The summed E-state index contributed by atoms with van der Waals surface area (Å²) in [5.41, 5.74) is 2.76. The van der Waals surface area contributed by atoms with Crippen molar-refractivity contribution in [2.75, 3.05) is 19.7 Å². The Bertz CT molecular complexity index is 406. The van der Waals surface area contributed by atoms with E-state index in [2.05, 4.69) is 30.4 Å². The number of rotatable bonds is 4. The van der Waals surface area contributed by atoms with Gasteiger partial charge in [0.15, 0.2) is 0 Å². The first-order valence-corrected chi connectivity index (χ1v) is 7.27. The molecule has 2 heteroatoms. The molecule has 1 aromatic carbocycles. The summed E-state index contributed by atoms with van der Waals surface area (Å²) < 4.78 is 6.08. The van der Waals surface area contributed by atoms with Crippen LogP contribution in [-0.2, 0) is 0 Å². The van der Waals surface area contributed by atoms with Crippen LogP contribution in [-0.4, -0.2) is 19.7 Å². The molecular formula is C16H23NO. The van der Waals surface area contributed by atoms with Gasteiger partial charge in [-0.2, -0.15) is 0 Å². The van der Waals surface area contributed by atoms with Gasteiger partial charge in [-0.15, -0.1) is 0 Å². The van der Waals surface area contributed by atoms with Gasteiger partial charge in [0.05, 0.1) is 6.61 Å². The molecule has 1 aliphatic heterocycles. The smallest absolute Gasteiger partial charge is 0.122 e. The molecule has 1 unspecified atom stereocenters. The van der Waals surface area contributed by atoms with E-state index in [0.717, 1.165) is 31.4 Å². The summed E-state index contributed by atoms with van der Waals surface area (Å²) >= 11 is 0. The molecule has 1 atom stereocenters. The Labute approximate surface area is 110 Å². The lowest BCUT2D eigenvalue weighted by Crippen LogP contribution is -2.20. The molecule has 0 spiro atoms. The van der Waals surface area contributed by atoms with Gasteiger partial charge in [-0.1, -0.05) is 24.1 Å². The zero-order valence-corrected chi connectivity index (χ0v) is 11.2. The Balaban J connectivity index is 1.73. The lowest BCUT2D eigenvalue weighted by molar-refractivity contribution is 0.179. The van der Waals surface area contributed by atoms with Gasteiger partial charge in [0.25, 0.3) is 0 Å². The first-order valence-electron chi connectivity index (χ1n) is 7.27. The van der Waals surface area contributed by atoms with E-state index in [1.165, 1.54) is 36.8 Å². The van der Waals surface area contributed by atoms with E-state index >= 15 is 0 Å². The first kappa shape index (κ1) is 12.0. The van der Waals surface area contributed by atoms with Crippen LogP contribution < -0.4 is 10.1 Å². The minimum absolute atomic E-state index is 0.640. The van der Waals surface area contributed by atoms with Crippen molar-refractivity contribution in [2.24, 2.45) is 5.92 Å². The molecule has 1 saturated carbocycles. The summed E-state index contributed by atoms with van der Waals surface area (Å²) in [6.45, 7) is 5.32. The molecule has 1 aliphatic carbocycles. The molecule has 0 radical (unpaired) electrons. The maximum Gasteiger partial charge on any atom is 0.122 e. The van der Waals surface area contributed by atoms with Crippen LogP contribution in [0.1, 0.15) is 42.7 Å². The average molecular weight is 245 g/mol. The summed E-state index contributed by atoms with van der Waals surface area (Å²) in [4.78, 5) is 0. The number of aryl methyl sites for hydroxylation is 1. The molecule has 1 N–H and O–H groups in total. The van der Waals surface area contributed by atoms with Crippen molar-refractivity contribution in [3.63, 3.8) is 0 Å². The Kier molecular flexibility index (Phi) is 3.55. The molecule has 1 aromatic rings. The quantitative estimate of drug-likeness (QED) is 0.879. The van der Waals surface area contributed by atoms with Crippen LogP contribution in [0.5, 0.6) is 5.75 Å². The van der Waals surface area contributed by atoms with Crippen LogP contribution in [0.25, 0.3) is 0 Å². The Morgan fingerprint density at radius 3 is 2.83 bits per heavy atom. The molecule has 0 aromatic heterocycles. The largest absolute Gasteiger partial charge is 0.493 e. The van der Waals surface area contributed by atoms with Gasteiger partial charge in [-0.25, -0.2) is 0 Å². The maximum absolute atomic E-state index is 6.08. The fourth-order valence-electron chi connectivity index (χ4n) is 2.91. The highest BCUT2D eigenvalue weighted by molar-refractivity contribution is 5.40. The van der Waals surface area contributed by atoms with E-state index in [9.17, 15) is 0 Å². The summed E-state index contributed by atoms with van der Waals surface area (Å²) in [6, 6.07) is 6.65. The fraction of sp³-hybridized carbons (Fsp3) is 0.625. The van der Waals surface area contributed by atoms with Crippen LogP contribution in [0, 0.1) is 12.8 Å². The van der Waals surface area contributed by atoms with Gasteiger partial charge < -0.3 is 10.1 Å². The lowest BCUT2D eigenvalue weighted by atomic mass is 9.86. The van der Waals surface area contributed by atoms with Crippen molar-refractivity contribution in [1.29, 1.82) is 0 Å². The van der Waals surface area contributed by atoms with Crippen LogP contribution >= 0.6 is 0 Å². The second-order valence-corrected chi connectivity index (χ2v) is 5.84. The van der Waals surface area contributed by atoms with E-state index < -0.39 is 0 Å². The van der Waals surface area contributed by atoms with Crippen molar-refractivity contribution in [1.82, 2.24) is 5.32 Å². The first-order chi connectivity index (χ1) is 8.83. The molecule has 2 aliphatic rings. The standard InChI is InChI=1S/C16H23NO/c1-12-5-6-16(18-11-13-3-2-4-13)15(9-12)14-7-8-17-10-14/h5-6,9,13-14,17H,2-4,7-8,10-11H2,1H3. The summed E-state index contributed by atoms with van der Waals surface area (Å²) in [7, 11) is 0. The number of benzene rings is 1. The monoisotopic (exact) mass is 245 g/mol. The molecule has 1 heterocycles. The predicted molar refractivity (Wildman–Crippen MR) is 74.2 cm³/mol. The minimum Gasteiger partial charge on any atom is -0.493 e. The molecule has 98 valence electrons. The molecule has 0 amide bonds. The van der Waals surface area contributed by atoms with Gasteiger partial charge in [0.1, 0.15) is 5.75 Å². The highest BCUT2D eigenvalue weighted by atomic mass is 16.5. The third-order valence-electron chi connectivity index (χ3n) is 4.36. The Morgan fingerprint density at radius 1 is 1.28 bits per heavy atom. The van der Waals surface area contributed by atoms with Gasteiger partial charge in [0.2, 0.25) is 0 Å². The van der Waals surface area contributed by atoms with E-state index in [-0.39, 0.29) is 0 Å². The van der Waals surface area contributed by atoms with Gasteiger partial charge in [0, 0.05) is 12.5 Å². The van der Waals surface area contributed by atoms with Gasteiger partial charge in [-0.05, 0) is 50.3 Å². The van der Waals surface area contributed by atoms with Crippen molar-refractivity contribution in [2.45, 2.75) is 38.5 Å². The lowest BCUT2D eigenvalue weighted by Gasteiger charge is -2.26. The molecular weight excluding hydrogens is 222 g/mol. The Hall–Kier alpha value is -1.02. The summed E-state index contributed by atoms with van der Waals surface area (Å²) in [5, 5.41) is 3.45. The SMILES string of the molecule is Cc1ccc(OCC2CCC2)c(C2CCNC2)c1. The molecule has 2 fully saturated rings. The normalized spacial score (nSPS) is 23.9. The second kappa shape index (κ2) is 5.31. The van der Waals surface area contributed by atoms with Crippen LogP contribution in [0.2, 0.25) is 0 Å². The summed E-state index contributed by atoms with van der Waals surface area (Å²) in [5.74, 6) is 2.57. The van der Waals surface area contributed by atoms with Crippen molar-refractivity contribution >= 4 is 0 Å². The van der Waals surface area contributed by atoms with Crippen LogP contribution in [0.4, 0.5) is 0 Å². The van der Waals surface area contributed by atoms with Crippen molar-refractivity contribution < 1.29 is 4.74 Å². The van der Waals surface area contributed by atoms with E-state index in [4.69, 9.17) is 4.74 Å². The van der Waals surface area contributed by atoms with Crippen LogP contribution in [0.3, 0.4) is 0 Å². The van der Waals surface area contributed by atoms with E-state index in [1.54, 1.807) is 0 Å². The van der Waals surface area contributed by atoms with E-state index in [1.807, 2.05) is 0 Å². The molecule has 2 nitrogen and oxygen atoms in total. The third-order valence-corrected chi connectivity index (χ3v) is 4.36. The highest BCUT2D eigenvalue weighted by Gasteiger charge is 2.22. The number of ether oxygens (including phenoxy) is 1. The Morgan fingerprint density at radius 2 is 2.17 bits per heavy atom. The zero-order chi connectivity index (χ0) is 12.4. The van der Waals surface area contributed by atoms with E-state index in [0.29, 0.717) is 5.92 Å². The van der Waals surface area contributed by atoms with Crippen LogP contribution in [0.15, 0.2) is 18.2 Å². The van der Waals surface area contributed by atoms with Gasteiger partial charge in [-0.3, -0.25) is 0 Å². The predicted octanol–water partition coefficient (Wildman–Crippen LogP) is 3.25. The molecule has 0 bridgehead atoms. The second-order valence-electron chi connectivity index (χ2n) is 5.84. The van der Waals surface area contributed by atoms with Gasteiger partial charge >= 0.3 is 0 Å². The topological polar surface area (TPSA) is 21.3 Å². The maximum atomic E-state index is 6.08. The third kappa shape index (κ3) is 2.54. The number of nitrogens with one attached hydrogen (secondary N) is 1. The average Bonchev–Trinajstić information content (AvgIpc) is 2.82. The highest BCUT2D eigenvalue weighted by Crippen LogP contribution is 2.33. The zero-order valence-electron chi connectivity index (χ0n) is 11.2. The van der Waals surface area contributed by atoms with Crippen molar-refractivity contribution in [3.8, 4) is 5.75 Å².